The Kier molecular flexibility index (Phi) is 3.05. The highest BCUT2D eigenvalue weighted by Crippen LogP contribution is 2.30. The minimum Gasteiger partial charge on any atom is -0.354 e. The summed E-state index contributed by atoms with van der Waals surface area (Å²) in [5.41, 5.74) is 0.219. The summed E-state index contributed by atoms with van der Waals surface area (Å²) >= 11 is 5.44. The number of halogens is 1. The smallest absolute Gasteiger partial charge is 0.226 e. The van der Waals surface area contributed by atoms with Crippen LogP contribution in [-0.4, -0.2) is 18.4 Å². The van der Waals surface area contributed by atoms with Crippen molar-refractivity contribution < 1.29 is 9.53 Å². The van der Waals surface area contributed by atoms with E-state index < -0.39 is 11.0 Å². The quantitative estimate of drug-likeness (QED) is 0.795. The van der Waals surface area contributed by atoms with Crippen LogP contribution in [0.3, 0.4) is 0 Å². The molecule has 1 fully saturated rings. The first-order chi connectivity index (χ1) is 7.23. The van der Waals surface area contributed by atoms with Crippen molar-refractivity contribution in [3.8, 4) is 0 Å². The Morgan fingerprint density at radius 2 is 2.20 bits per heavy atom. The molecule has 0 aliphatic carbocycles. The summed E-state index contributed by atoms with van der Waals surface area (Å²) in [4.78, 5) is 11.0. The molecule has 1 aromatic rings. The lowest BCUT2D eigenvalue weighted by Gasteiger charge is -2.27. The third kappa shape index (κ3) is 2.20. The zero-order valence-corrected chi connectivity index (χ0v) is 8.96. The van der Waals surface area contributed by atoms with Crippen LogP contribution in [0.5, 0.6) is 0 Å². The average Bonchev–Trinajstić information content (AvgIpc) is 2.68. The van der Waals surface area contributed by atoms with E-state index in [1.165, 1.54) is 0 Å². The van der Waals surface area contributed by atoms with Crippen LogP contribution in [0.1, 0.15) is 12.0 Å². The number of nitrogens with one attached hydrogen (secondary N) is 1. The minimum atomic E-state index is -0.722. The van der Waals surface area contributed by atoms with E-state index in [9.17, 15) is 4.79 Å². The van der Waals surface area contributed by atoms with E-state index >= 15 is 0 Å². The van der Waals surface area contributed by atoms with Crippen LogP contribution < -0.4 is 5.32 Å². The zero-order valence-electron chi connectivity index (χ0n) is 8.20. The average molecular weight is 226 g/mol. The van der Waals surface area contributed by atoms with Crippen molar-refractivity contribution in [2.45, 2.75) is 12.1 Å². The molecule has 2 rings (SSSR count). The van der Waals surface area contributed by atoms with Gasteiger partial charge in [-0.15, -0.1) is 0 Å². The maximum Gasteiger partial charge on any atom is 0.226 e. The molecule has 0 spiro atoms. The second-order valence-corrected chi connectivity index (χ2v) is 3.92. The van der Waals surface area contributed by atoms with E-state index in [0.29, 0.717) is 6.61 Å². The first kappa shape index (κ1) is 10.6. The first-order valence-electron chi connectivity index (χ1n) is 4.86. The molecule has 0 radical (unpaired) electrons. The molecule has 4 heteroatoms. The lowest BCUT2D eigenvalue weighted by molar-refractivity contribution is -0.118. The molecule has 0 saturated carbocycles. The van der Waals surface area contributed by atoms with Gasteiger partial charge in [0.2, 0.25) is 5.24 Å². The van der Waals surface area contributed by atoms with Gasteiger partial charge in [0.1, 0.15) is 0 Å². The predicted molar refractivity (Wildman–Crippen MR) is 57.6 cm³/mol. The van der Waals surface area contributed by atoms with E-state index in [4.69, 9.17) is 16.3 Å². The van der Waals surface area contributed by atoms with Gasteiger partial charge in [0.25, 0.3) is 0 Å². The number of ether oxygens (including phenoxy) is 1. The van der Waals surface area contributed by atoms with Crippen molar-refractivity contribution in [2.75, 3.05) is 13.2 Å². The molecular weight excluding hydrogens is 214 g/mol. The Bertz CT molecular complexity index is 347. The van der Waals surface area contributed by atoms with E-state index in [2.05, 4.69) is 5.32 Å². The van der Waals surface area contributed by atoms with Gasteiger partial charge in [-0.05, 0) is 17.2 Å². The fourth-order valence-corrected chi connectivity index (χ4v) is 2.02. The van der Waals surface area contributed by atoms with Crippen molar-refractivity contribution in [2.24, 2.45) is 0 Å². The molecule has 1 aromatic carbocycles. The van der Waals surface area contributed by atoms with E-state index in [1.54, 1.807) is 0 Å². The summed E-state index contributed by atoms with van der Waals surface area (Å²) < 4.78 is 5.62. The molecule has 0 aromatic heterocycles. The molecule has 1 atom stereocenters. The molecule has 1 N–H and O–H groups in total. The Morgan fingerprint density at radius 1 is 1.47 bits per heavy atom. The van der Waals surface area contributed by atoms with Gasteiger partial charge in [0, 0.05) is 6.54 Å². The van der Waals surface area contributed by atoms with Gasteiger partial charge >= 0.3 is 0 Å². The van der Waals surface area contributed by atoms with Gasteiger partial charge in [-0.2, -0.15) is 0 Å². The number of hydrogen-bond donors (Lipinski definition) is 1. The van der Waals surface area contributed by atoms with Crippen molar-refractivity contribution >= 4 is 16.8 Å². The minimum absolute atomic E-state index is 0.151. The third-order valence-corrected chi connectivity index (χ3v) is 2.62. The van der Waals surface area contributed by atoms with Gasteiger partial charge in [-0.25, -0.2) is 0 Å². The second-order valence-electron chi connectivity index (χ2n) is 3.50. The summed E-state index contributed by atoms with van der Waals surface area (Å²) in [5, 5.41) is 2.80. The maximum atomic E-state index is 11.0. The molecule has 0 bridgehead atoms. The Balaban J connectivity index is 2.30. The fourth-order valence-electron chi connectivity index (χ4n) is 1.83. The molecule has 1 aliphatic heterocycles. The van der Waals surface area contributed by atoms with Crippen LogP contribution in [0, 0.1) is 0 Å². The van der Waals surface area contributed by atoms with E-state index in [1.807, 2.05) is 30.3 Å². The molecule has 1 unspecified atom stereocenters. The van der Waals surface area contributed by atoms with Crippen LogP contribution >= 0.6 is 11.6 Å². The van der Waals surface area contributed by atoms with Crippen molar-refractivity contribution in [1.82, 2.24) is 5.32 Å². The molecule has 0 amide bonds. The SMILES string of the molecule is O=C(Cl)CC1(c2ccccc2)NCCO1. The maximum absolute atomic E-state index is 11.0. The summed E-state index contributed by atoms with van der Waals surface area (Å²) in [6, 6.07) is 9.61. The van der Waals surface area contributed by atoms with Crippen LogP contribution in [0.2, 0.25) is 0 Å². The molecular formula is C11H12ClNO2. The normalized spacial score (nSPS) is 25.4. The Labute approximate surface area is 93.4 Å². The standard InChI is InChI=1S/C11H12ClNO2/c12-10(14)8-11(13-6-7-15-11)9-4-2-1-3-5-9/h1-5,13H,6-8H2. The number of carbonyl (C=O) groups is 1. The molecule has 15 heavy (non-hydrogen) atoms. The largest absolute Gasteiger partial charge is 0.354 e. The van der Waals surface area contributed by atoms with E-state index in [0.717, 1.165) is 12.1 Å². The molecule has 1 heterocycles. The molecule has 3 nitrogen and oxygen atoms in total. The van der Waals surface area contributed by atoms with Gasteiger partial charge in [0.15, 0.2) is 5.72 Å². The van der Waals surface area contributed by atoms with Crippen LogP contribution in [-0.2, 0) is 15.3 Å². The second kappa shape index (κ2) is 4.31. The third-order valence-electron chi connectivity index (χ3n) is 2.49. The topological polar surface area (TPSA) is 38.3 Å². The number of benzene rings is 1. The Hall–Kier alpha value is -0.900. The van der Waals surface area contributed by atoms with Crippen LogP contribution in [0.25, 0.3) is 0 Å². The lowest BCUT2D eigenvalue weighted by atomic mass is 10.0. The number of hydrogen-bond acceptors (Lipinski definition) is 3. The van der Waals surface area contributed by atoms with Gasteiger partial charge in [0.05, 0.1) is 13.0 Å². The molecule has 80 valence electrons. The van der Waals surface area contributed by atoms with Gasteiger partial charge in [-0.3, -0.25) is 10.1 Å². The summed E-state index contributed by atoms with van der Waals surface area (Å²) in [6.45, 7) is 1.33. The number of rotatable bonds is 3. The summed E-state index contributed by atoms with van der Waals surface area (Å²) in [6.07, 6.45) is 0.151. The number of carbonyl (C=O) groups excluding carboxylic acids is 1. The highest BCUT2D eigenvalue weighted by molar-refractivity contribution is 6.63. The highest BCUT2D eigenvalue weighted by atomic mass is 35.5. The van der Waals surface area contributed by atoms with Crippen molar-refractivity contribution in [3.63, 3.8) is 0 Å². The first-order valence-corrected chi connectivity index (χ1v) is 5.24. The lowest BCUT2D eigenvalue weighted by Crippen LogP contribution is -2.39. The fraction of sp³-hybridized carbons (Fsp3) is 0.364. The van der Waals surface area contributed by atoms with E-state index in [-0.39, 0.29) is 6.42 Å². The van der Waals surface area contributed by atoms with Crippen LogP contribution in [0.15, 0.2) is 30.3 Å². The van der Waals surface area contributed by atoms with Gasteiger partial charge in [-0.1, -0.05) is 30.3 Å². The summed E-state index contributed by atoms with van der Waals surface area (Å²) in [5.74, 6) is 0. The molecule has 1 saturated heterocycles. The molecule has 1 aliphatic rings. The zero-order chi connectivity index (χ0) is 10.7. The monoisotopic (exact) mass is 225 g/mol. The predicted octanol–water partition coefficient (Wildman–Crippen LogP) is 1.61. The summed E-state index contributed by atoms with van der Waals surface area (Å²) in [7, 11) is 0. The van der Waals surface area contributed by atoms with Crippen molar-refractivity contribution in [3.05, 3.63) is 35.9 Å². The van der Waals surface area contributed by atoms with Crippen molar-refractivity contribution in [1.29, 1.82) is 0 Å². The van der Waals surface area contributed by atoms with Crippen LogP contribution in [0.4, 0.5) is 0 Å². The Morgan fingerprint density at radius 3 is 2.73 bits per heavy atom. The highest BCUT2D eigenvalue weighted by Gasteiger charge is 2.38. The van der Waals surface area contributed by atoms with Gasteiger partial charge < -0.3 is 4.74 Å².